The zero-order valence-corrected chi connectivity index (χ0v) is 12.7. The van der Waals surface area contributed by atoms with Gasteiger partial charge in [-0.25, -0.2) is 4.79 Å². The van der Waals surface area contributed by atoms with Gasteiger partial charge in [-0.05, 0) is 38.5 Å². The quantitative estimate of drug-likeness (QED) is 0.791. The third-order valence-electron chi connectivity index (χ3n) is 3.25. The topological polar surface area (TPSA) is 76.1 Å². The summed E-state index contributed by atoms with van der Waals surface area (Å²) in [6.45, 7) is 3.55. The minimum absolute atomic E-state index is 0.214. The molecule has 0 saturated carbocycles. The number of aryl methyl sites for hydroxylation is 1. The number of hydrogen-bond donors (Lipinski definition) is 2. The molecule has 1 aromatic rings. The van der Waals surface area contributed by atoms with Gasteiger partial charge in [-0.3, -0.25) is 5.32 Å². The Balaban J connectivity index is 1.57. The smallest absolute Gasteiger partial charge is 0.321 e. The van der Waals surface area contributed by atoms with Gasteiger partial charge in [0.05, 0.1) is 6.10 Å². The summed E-state index contributed by atoms with van der Waals surface area (Å²) in [5.41, 5.74) is 0. The van der Waals surface area contributed by atoms with E-state index in [0.717, 1.165) is 37.3 Å². The molecular weight excluding hydrogens is 276 g/mol. The van der Waals surface area contributed by atoms with E-state index in [-0.39, 0.29) is 6.03 Å². The van der Waals surface area contributed by atoms with Crippen LogP contribution in [0.5, 0.6) is 0 Å². The number of carbonyl (C=O) groups is 1. The van der Waals surface area contributed by atoms with Crippen molar-refractivity contribution in [2.45, 2.75) is 51.6 Å². The van der Waals surface area contributed by atoms with E-state index in [1.54, 1.807) is 0 Å². The van der Waals surface area contributed by atoms with Gasteiger partial charge in [0.2, 0.25) is 5.13 Å². The van der Waals surface area contributed by atoms with E-state index in [1.165, 1.54) is 24.2 Å². The first-order valence-corrected chi connectivity index (χ1v) is 8.08. The Kier molecular flexibility index (Phi) is 6.20. The summed E-state index contributed by atoms with van der Waals surface area (Å²) in [6, 6.07) is -0.214. The predicted octanol–water partition coefficient (Wildman–Crippen LogP) is 2.57. The van der Waals surface area contributed by atoms with Crippen LogP contribution in [0.4, 0.5) is 9.93 Å². The molecule has 20 heavy (non-hydrogen) atoms. The summed E-state index contributed by atoms with van der Waals surface area (Å²) in [5.74, 6) is 0. The van der Waals surface area contributed by atoms with Crippen LogP contribution in [-0.4, -0.2) is 35.5 Å². The number of rotatable bonds is 6. The second-order valence-electron chi connectivity index (χ2n) is 4.87. The summed E-state index contributed by atoms with van der Waals surface area (Å²) in [7, 11) is 0. The SMILES string of the molecule is CCc1nnc(NC(=O)NCCC[C@H]2CCCCO2)s1. The molecule has 1 aliphatic rings. The molecular formula is C13H22N4O2S. The molecule has 2 rings (SSSR count). The molecule has 0 bridgehead atoms. The number of hydrogen-bond acceptors (Lipinski definition) is 5. The van der Waals surface area contributed by atoms with Gasteiger partial charge < -0.3 is 10.1 Å². The predicted molar refractivity (Wildman–Crippen MR) is 79.1 cm³/mol. The first-order valence-electron chi connectivity index (χ1n) is 7.26. The van der Waals surface area contributed by atoms with E-state index in [4.69, 9.17) is 4.74 Å². The molecule has 6 nitrogen and oxygen atoms in total. The number of nitrogens with one attached hydrogen (secondary N) is 2. The fourth-order valence-electron chi connectivity index (χ4n) is 2.16. The molecule has 1 aliphatic heterocycles. The lowest BCUT2D eigenvalue weighted by molar-refractivity contribution is 0.0103. The van der Waals surface area contributed by atoms with Crippen LogP contribution in [0.2, 0.25) is 0 Å². The number of anilines is 1. The minimum atomic E-state index is -0.214. The zero-order valence-electron chi connectivity index (χ0n) is 11.9. The summed E-state index contributed by atoms with van der Waals surface area (Å²) in [6.07, 6.45) is 6.75. The van der Waals surface area contributed by atoms with Gasteiger partial charge in [-0.15, -0.1) is 10.2 Å². The number of aromatic nitrogens is 2. The standard InChI is InChI=1S/C13H22N4O2S/c1-2-11-16-17-13(20-11)15-12(18)14-8-5-7-10-6-3-4-9-19-10/h10H,2-9H2,1H3,(H2,14,15,17,18)/t10-/m1/s1. The van der Waals surface area contributed by atoms with Crippen LogP contribution in [0.15, 0.2) is 0 Å². The molecule has 0 aromatic carbocycles. The van der Waals surface area contributed by atoms with Crippen molar-refractivity contribution in [3.05, 3.63) is 5.01 Å². The Labute approximate surface area is 123 Å². The molecule has 7 heteroatoms. The lowest BCUT2D eigenvalue weighted by atomic mass is 10.0. The molecule has 1 saturated heterocycles. The van der Waals surface area contributed by atoms with Gasteiger partial charge in [0.15, 0.2) is 0 Å². The van der Waals surface area contributed by atoms with Crippen molar-refractivity contribution in [3.8, 4) is 0 Å². The van der Waals surface area contributed by atoms with Gasteiger partial charge in [0.25, 0.3) is 0 Å². The normalized spacial score (nSPS) is 18.8. The lowest BCUT2D eigenvalue weighted by Crippen LogP contribution is -2.30. The minimum Gasteiger partial charge on any atom is -0.378 e. The van der Waals surface area contributed by atoms with Gasteiger partial charge in [0, 0.05) is 13.2 Å². The second-order valence-corrected chi connectivity index (χ2v) is 5.93. The highest BCUT2D eigenvalue weighted by molar-refractivity contribution is 7.15. The molecule has 0 spiro atoms. The summed E-state index contributed by atoms with van der Waals surface area (Å²) in [4.78, 5) is 11.6. The average molecular weight is 298 g/mol. The highest BCUT2D eigenvalue weighted by Crippen LogP contribution is 2.17. The van der Waals surface area contributed by atoms with Crippen LogP contribution in [0.25, 0.3) is 0 Å². The maximum absolute atomic E-state index is 11.6. The summed E-state index contributed by atoms with van der Waals surface area (Å²) < 4.78 is 5.65. The number of nitrogens with zero attached hydrogens (tertiary/aromatic N) is 2. The van der Waals surface area contributed by atoms with Crippen molar-refractivity contribution in [2.24, 2.45) is 0 Å². The molecule has 2 heterocycles. The van der Waals surface area contributed by atoms with Gasteiger partial charge in [-0.1, -0.05) is 18.3 Å². The van der Waals surface area contributed by atoms with Crippen molar-refractivity contribution < 1.29 is 9.53 Å². The molecule has 2 N–H and O–H groups in total. The van der Waals surface area contributed by atoms with Crippen molar-refractivity contribution in [1.29, 1.82) is 0 Å². The molecule has 1 fully saturated rings. The van der Waals surface area contributed by atoms with Crippen LogP contribution in [0, 0.1) is 0 Å². The Morgan fingerprint density at radius 3 is 3.05 bits per heavy atom. The Bertz CT molecular complexity index is 418. The van der Waals surface area contributed by atoms with Crippen molar-refractivity contribution >= 4 is 22.5 Å². The Morgan fingerprint density at radius 2 is 2.35 bits per heavy atom. The Morgan fingerprint density at radius 1 is 1.45 bits per heavy atom. The molecule has 1 aromatic heterocycles. The van der Waals surface area contributed by atoms with Crippen LogP contribution < -0.4 is 10.6 Å². The highest BCUT2D eigenvalue weighted by atomic mass is 32.1. The van der Waals surface area contributed by atoms with Crippen LogP contribution >= 0.6 is 11.3 Å². The van der Waals surface area contributed by atoms with Crippen molar-refractivity contribution in [1.82, 2.24) is 15.5 Å². The third kappa shape index (κ3) is 5.05. The monoisotopic (exact) mass is 298 g/mol. The molecule has 0 aliphatic carbocycles. The van der Waals surface area contributed by atoms with Gasteiger partial charge >= 0.3 is 6.03 Å². The molecule has 2 amide bonds. The number of urea groups is 1. The van der Waals surface area contributed by atoms with Gasteiger partial charge in [0.1, 0.15) is 5.01 Å². The van der Waals surface area contributed by atoms with Crippen molar-refractivity contribution in [2.75, 3.05) is 18.5 Å². The van der Waals surface area contributed by atoms with E-state index >= 15 is 0 Å². The van der Waals surface area contributed by atoms with Crippen LogP contribution in [0.3, 0.4) is 0 Å². The third-order valence-corrected chi connectivity index (χ3v) is 4.24. The fourth-order valence-corrected chi connectivity index (χ4v) is 2.83. The van der Waals surface area contributed by atoms with Crippen molar-refractivity contribution in [3.63, 3.8) is 0 Å². The van der Waals surface area contributed by atoms with E-state index in [2.05, 4.69) is 20.8 Å². The molecule has 0 unspecified atom stereocenters. The molecule has 1 atom stereocenters. The maximum atomic E-state index is 11.6. The van der Waals surface area contributed by atoms with E-state index in [9.17, 15) is 4.79 Å². The average Bonchev–Trinajstić information content (AvgIpc) is 2.92. The first kappa shape index (κ1) is 15.2. The maximum Gasteiger partial charge on any atom is 0.321 e. The summed E-state index contributed by atoms with van der Waals surface area (Å²) in [5, 5.41) is 14.9. The Hall–Kier alpha value is -1.21. The number of ether oxygens (including phenoxy) is 1. The molecule has 0 radical (unpaired) electrons. The fraction of sp³-hybridized carbons (Fsp3) is 0.769. The number of carbonyl (C=O) groups excluding carboxylic acids is 1. The van der Waals surface area contributed by atoms with E-state index in [1.807, 2.05) is 6.92 Å². The largest absolute Gasteiger partial charge is 0.378 e. The summed E-state index contributed by atoms with van der Waals surface area (Å²) >= 11 is 1.41. The van der Waals surface area contributed by atoms with Gasteiger partial charge in [-0.2, -0.15) is 0 Å². The lowest BCUT2D eigenvalue weighted by Gasteiger charge is -2.22. The van der Waals surface area contributed by atoms with Crippen LogP contribution in [0.1, 0.15) is 44.0 Å². The number of amides is 2. The first-order chi connectivity index (χ1) is 9.78. The molecule has 112 valence electrons. The van der Waals surface area contributed by atoms with Crippen LogP contribution in [-0.2, 0) is 11.2 Å². The second kappa shape index (κ2) is 8.16. The zero-order chi connectivity index (χ0) is 14.2. The van der Waals surface area contributed by atoms with E-state index in [0.29, 0.717) is 17.8 Å². The highest BCUT2D eigenvalue weighted by Gasteiger charge is 2.13. The van der Waals surface area contributed by atoms with E-state index < -0.39 is 0 Å².